The number of hydrogen-bond donors (Lipinski definition) is 0. The molecule has 0 aliphatic heterocycles. The van der Waals surface area contributed by atoms with Crippen LogP contribution >= 0.6 is 11.3 Å². The number of fused-ring (bicyclic) bond motifs is 3. The van der Waals surface area contributed by atoms with Gasteiger partial charge >= 0.3 is 0 Å². The van der Waals surface area contributed by atoms with Gasteiger partial charge in [0.15, 0.2) is 17.5 Å². The molecule has 0 aliphatic carbocycles. The second kappa shape index (κ2) is 10.8. The van der Waals surface area contributed by atoms with E-state index in [1.807, 2.05) is 60.7 Å². The number of thiophene rings is 1. The zero-order valence-electron chi connectivity index (χ0n) is 23.2. The van der Waals surface area contributed by atoms with Gasteiger partial charge in [0.2, 0.25) is 0 Å². The fraction of sp³-hybridized carbons (Fsp3) is 0. The first-order valence-electron chi connectivity index (χ1n) is 14.3. The van der Waals surface area contributed by atoms with Gasteiger partial charge in [-0.25, -0.2) is 15.0 Å². The first-order chi connectivity index (χ1) is 21.3. The van der Waals surface area contributed by atoms with E-state index in [1.54, 1.807) is 11.3 Å². The Morgan fingerprint density at radius 2 is 0.814 bits per heavy atom. The third-order valence-corrected chi connectivity index (χ3v) is 8.89. The summed E-state index contributed by atoms with van der Waals surface area (Å²) in [5.41, 5.74) is 7.82. The third kappa shape index (κ3) is 4.78. The number of nitrogens with zero attached hydrogens (tertiary/aromatic N) is 3. The monoisotopic (exact) mass is 567 g/mol. The molecule has 2 heterocycles. The van der Waals surface area contributed by atoms with Crippen molar-refractivity contribution < 1.29 is 0 Å². The molecule has 0 saturated heterocycles. The largest absolute Gasteiger partial charge is 0.208 e. The van der Waals surface area contributed by atoms with Crippen LogP contribution in [0.4, 0.5) is 0 Å². The van der Waals surface area contributed by atoms with Crippen LogP contribution in [0.25, 0.3) is 76.6 Å². The average molecular weight is 568 g/mol. The number of benzene rings is 6. The molecule has 0 bridgehead atoms. The van der Waals surface area contributed by atoms with Crippen LogP contribution in [0.1, 0.15) is 0 Å². The van der Waals surface area contributed by atoms with E-state index in [-0.39, 0.29) is 0 Å². The van der Waals surface area contributed by atoms with Crippen LogP contribution < -0.4 is 0 Å². The van der Waals surface area contributed by atoms with Crippen molar-refractivity contribution in [2.75, 3.05) is 0 Å². The van der Waals surface area contributed by atoms with E-state index in [4.69, 9.17) is 15.0 Å². The van der Waals surface area contributed by atoms with Crippen molar-refractivity contribution in [3.05, 3.63) is 152 Å². The summed E-state index contributed by atoms with van der Waals surface area (Å²) in [7, 11) is 0. The molecule has 0 N–H and O–H groups in total. The van der Waals surface area contributed by atoms with Crippen molar-refractivity contribution in [2.24, 2.45) is 0 Å². The Bertz CT molecular complexity index is 2170. The Hall–Kier alpha value is -5.45. The molecule has 3 nitrogen and oxygen atoms in total. The smallest absolute Gasteiger partial charge is 0.164 e. The molecule has 8 aromatic rings. The third-order valence-electron chi connectivity index (χ3n) is 7.75. The maximum Gasteiger partial charge on any atom is 0.164 e. The van der Waals surface area contributed by atoms with Gasteiger partial charge in [-0.2, -0.15) is 0 Å². The van der Waals surface area contributed by atoms with Gasteiger partial charge in [-0.05, 0) is 40.5 Å². The summed E-state index contributed by atoms with van der Waals surface area (Å²) in [6.45, 7) is 0. The Morgan fingerprint density at radius 3 is 1.42 bits per heavy atom. The Labute approximate surface area is 253 Å². The van der Waals surface area contributed by atoms with E-state index in [1.165, 1.54) is 42.4 Å². The van der Waals surface area contributed by atoms with Crippen LogP contribution in [0, 0.1) is 0 Å². The van der Waals surface area contributed by atoms with Gasteiger partial charge in [0, 0.05) is 36.9 Å². The first-order valence-corrected chi connectivity index (χ1v) is 15.1. The molecular formula is C39H25N3S. The fourth-order valence-corrected chi connectivity index (χ4v) is 6.75. The van der Waals surface area contributed by atoms with E-state index in [0.29, 0.717) is 17.5 Å². The predicted molar refractivity (Wildman–Crippen MR) is 180 cm³/mol. The molecule has 0 aliphatic rings. The topological polar surface area (TPSA) is 38.7 Å². The van der Waals surface area contributed by atoms with Gasteiger partial charge in [-0.15, -0.1) is 11.3 Å². The molecule has 0 unspecified atom stereocenters. The number of rotatable bonds is 5. The van der Waals surface area contributed by atoms with E-state index in [9.17, 15) is 0 Å². The van der Waals surface area contributed by atoms with Crippen molar-refractivity contribution in [2.45, 2.75) is 0 Å². The molecule has 0 atom stereocenters. The molecule has 202 valence electrons. The molecule has 8 rings (SSSR count). The quantitative estimate of drug-likeness (QED) is 0.208. The summed E-state index contributed by atoms with van der Waals surface area (Å²) in [6, 6.07) is 52.8. The molecule has 0 saturated carbocycles. The van der Waals surface area contributed by atoms with E-state index in [0.717, 1.165) is 16.7 Å². The molecule has 43 heavy (non-hydrogen) atoms. The zero-order valence-corrected chi connectivity index (χ0v) is 24.0. The van der Waals surface area contributed by atoms with Crippen molar-refractivity contribution in [1.29, 1.82) is 0 Å². The molecule has 0 radical (unpaired) electrons. The van der Waals surface area contributed by atoms with Crippen LogP contribution in [0.3, 0.4) is 0 Å². The van der Waals surface area contributed by atoms with Crippen molar-refractivity contribution in [1.82, 2.24) is 15.0 Å². The van der Waals surface area contributed by atoms with Gasteiger partial charge in [0.1, 0.15) is 0 Å². The highest BCUT2D eigenvalue weighted by molar-refractivity contribution is 7.25. The fourth-order valence-electron chi connectivity index (χ4n) is 5.63. The molecule has 6 aromatic carbocycles. The average Bonchev–Trinajstić information content (AvgIpc) is 3.46. The summed E-state index contributed by atoms with van der Waals surface area (Å²) in [4.78, 5) is 14.7. The van der Waals surface area contributed by atoms with Crippen LogP contribution in [0.15, 0.2) is 152 Å². The lowest BCUT2D eigenvalue weighted by molar-refractivity contribution is 1.07. The molecule has 0 fully saturated rings. The van der Waals surface area contributed by atoms with Crippen molar-refractivity contribution >= 4 is 31.5 Å². The Kier molecular flexibility index (Phi) is 6.32. The van der Waals surface area contributed by atoms with Gasteiger partial charge in [0.05, 0.1) is 0 Å². The summed E-state index contributed by atoms with van der Waals surface area (Å²) < 4.78 is 2.47. The molecular weight excluding hydrogens is 543 g/mol. The second-order valence-corrected chi connectivity index (χ2v) is 11.6. The van der Waals surface area contributed by atoms with Gasteiger partial charge < -0.3 is 0 Å². The normalized spacial score (nSPS) is 11.3. The second-order valence-electron chi connectivity index (χ2n) is 10.5. The lowest BCUT2D eigenvalue weighted by Crippen LogP contribution is -1.99. The lowest BCUT2D eigenvalue weighted by atomic mass is 9.94. The maximum atomic E-state index is 4.93. The summed E-state index contributed by atoms with van der Waals surface area (Å²) in [5, 5.41) is 2.50. The first kappa shape index (κ1) is 25.3. The van der Waals surface area contributed by atoms with Crippen molar-refractivity contribution in [3.8, 4) is 56.4 Å². The van der Waals surface area contributed by atoms with Crippen LogP contribution in [-0.4, -0.2) is 15.0 Å². The number of hydrogen-bond acceptors (Lipinski definition) is 4. The summed E-state index contributed by atoms with van der Waals surface area (Å²) in [6.07, 6.45) is 0. The predicted octanol–water partition coefficient (Wildman–Crippen LogP) is 10.6. The van der Waals surface area contributed by atoms with E-state index < -0.39 is 0 Å². The molecule has 0 amide bonds. The highest BCUT2D eigenvalue weighted by Crippen LogP contribution is 2.40. The van der Waals surface area contributed by atoms with E-state index >= 15 is 0 Å². The Morgan fingerprint density at radius 1 is 0.326 bits per heavy atom. The van der Waals surface area contributed by atoms with Crippen molar-refractivity contribution in [3.63, 3.8) is 0 Å². The van der Waals surface area contributed by atoms with Gasteiger partial charge in [-0.3, -0.25) is 0 Å². The minimum absolute atomic E-state index is 0.669. The number of aromatic nitrogens is 3. The maximum absolute atomic E-state index is 4.93. The van der Waals surface area contributed by atoms with Crippen LogP contribution in [-0.2, 0) is 0 Å². The van der Waals surface area contributed by atoms with E-state index in [2.05, 4.69) is 91.0 Å². The highest BCUT2D eigenvalue weighted by atomic mass is 32.1. The minimum atomic E-state index is 0.669. The SMILES string of the molecule is c1ccc(-c2nc(-c3ccccc3)nc(-c3ccc4c(c3)sc3ccc(-c5ccccc5-c5ccccc5)cc34)n2)cc1. The van der Waals surface area contributed by atoms with Crippen LogP contribution in [0.5, 0.6) is 0 Å². The standard InChI is InChI=1S/C39H25N3S/c1-4-12-26(13-5-1)31-18-10-11-19-32(31)29-21-23-35-34(24-29)33-22-20-30(25-36(33)43-35)39-41-37(27-14-6-2-7-15-27)40-38(42-39)28-16-8-3-9-17-28/h1-25H. The molecule has 4 heteroatoms. The minimum Gasteiger partial charge on any atom is -0.208 e. The van der Waals surface area contributed by atoms with Gasteiger partial charge in [0.25, 0.3) is 0 Å². The highest BCUT2D eigenvalue weighted by Gasteiger charge is 2.15. The summed E-state index contributed by atoms with van der Waals surface area (Å²) >= 11 is 1.80. The zero-order chi connectivity index (χ0) is 28.6. The Balaban J connectivity index is 1.24. The molecule has 2 aromatic heterocycles. The lowest BCUT2D eigenvalue weighted by Gasteiger charge is -2.10. The van der Waals surface area contributed by atoms with Gasteiger partial charge in [-0.1, -0.05) is 133 Å². The molecule has 0 spiro atoms. The summed E-state index contributed by atoms with van der Waals surface area (Å²) in [5.74, 6) is 2.01. The van der Waals surface area contributed by atoms with Crippen LogP contribution in [0.2, 0.25) is 0 Å².